The molecule has 0 fully saturated rings. The predicted molar refractivity (Wildman–Crippen MR) is 67.6 cm³/mol. The molecule has 1 heterocycles. The Kier molecular flexibility index (Phi) is 3.43. The van der Waals surface area contributed by atoms with Gasteiger partial charge in [0.05, 0.1) is 7.11 Å². The number of methoxy groups -OCH3 is 1. The Morgan fingerprint density at radius 3 is 2.94 bits per heavy atom. The molecule has 0 spiro atoms. The van der Waals surface area contributed by atoms with E-state index in [1.165, 1.54) is 0 Å². The Balaban J connectivity index is 2.36. The maximum atomic E-state index is 10.7. The molecule has 0 bridgehead atoms. The molecule has 5 nitrogen and oxygen atoms in total. The largest absolute Gasteiger partial charge is 0.481 e. The molecule has 1 aromatic carbocycles. The molecular weight excluding hydrogens is 232 g/mol. The van der Waals surface area contributed by atoms with Gasteiger partial charge in [-0.2, -0.15) is 0 Å². The van der Waals surface area contributed by atoms with Gasteiger partial charge in [-0.3, -0.25) is 4.79 Å². The van der Waals surface area contributed by atoms with Gasteiger partial charge in [-0.05, 0) is 29.5 Å². The van der Waals surface area contributed by atoms with Crippen LogP contribution in [-0.2, 0) is 11.2 Å². The van der Waals surface area contributed by atoms with Crippen molar-refractivity contribution in [2.45, 2.75) is 12.5 Å². The fourth-order valence-corrected chi connectivity index (χ4v) is 1.83. The average Bonchev–Trinajstić information content (AvgIpc) is 2.37. The molecule has 94 valence electrons. The van der Waals surface area contributed by atoms with Gasteiger partial charge in [-0.25, -0.2) is 4.98 Å². The van der Waals surface area contributed by atoms with Crippen LogP contribution >= 0.6 is 0 Å². The third-order valence-electron chi connectivity index (χ3n) is 2.76. The number of fused-ring (bicyclic) bond motifs is 1. The first-order valence-corrected chi connectivity index (χ1v) is 5.52. The highest BCUT2D eigenvalue weighted by Crippen LogP contribution is 2.23. The Hall–Kier alpha value is -2.14. The molecule has 18 heavy (non-hydrogen) atoms. The molecular formula is C13H14N2O3. The summed E-state index contributed by atoms with van der Waals surface area (Å²) in [6, 6.07) is 6.59. The molecule has 2 aromatic rings. The number of pyridine rings is 1. The average molecular weight is 246 g/mol. The van der Waals surface area contributed by atoms with E-state index in [0.717, 1.165) is 16.3 Å². The monoisotopic (exact) mass is 246 g/mol. The van der Waals surface area contributed by atoms with Crippen LogP contribution < -0.4 is 10.5 Å². The van der Waals surface area contributed by atoms with Gasteiger partial charge in [0.15, 0.2) is 0 Å². The van der Waals surface area contributed by atoms with E-state index in [4.69, 9.17) is 15.6 Å². The number of nitrogens with zero attached hydrogens (tertiary/aromatic N) is 1. The summed E-state index contributed by atoms with van der Waals surface area (Å²) in [6.07, 6.45) is 1.96. The van der Waals surface area contributed by atoms with Crippen molar-refractivity contribution >= 4 is 16.7 Å². The minimum atomic E-state index is -0.998. The number of hydrogen-bond donors (Lipinski definition) is 2. The van der Waals surface area contributed by atoms with Crippen molar-refractivity contribution < 1.29 is 14.6 Å². The smallest absolute Gasteiger partial charge is 0.320 e. The van der Waals surface area contributed by atoms with Gasteiger partial charge in [0.25, 0.3) is 0 Å². The minimum absolute atomic E-state index is 0.301. The van der Waals surface area contributed by atoms with Crippen LogP contribution in [0, 0.1) is 0 Å². The van der Waals surface area contributed by atoms with Gasteiger partial charge in [0.1, 0.15) is 6.04 Å². The van der Waals surface area contributed by atoms with Gasteiger partial charge < -0.3 is 15.6 Å². The summed E-state index contributed by atoms with van der Waals surface area (Å²) in [5, 5.41) is 10.6. The molecule has 1 unspecified atom stereocenters. The third-order valence-corrected chi connectivity index (χ3v) is 2.76. The van der Waals surface area contributed by atoms with Crippen LogP contribution in [0.25, 0.3) is 10.8 Å². The third kappa shape index (κ3) is 2.41. The number of aromatic nitrogens is 1. The van der Waals surface area contributed by atoms with E-state index in [0.29, 0.717) is 12.3 Å². The van der Waals surface area contributed by atoms with Crippen LogP contribution in [0.2, 0.25) is 0 Å². The highest BCUT2D eigenvalue weighted by Gasteiger charge is 2.12. The standard InChI is InChI=1S/C13H14N2O3/c1-18-12-10-3-2-8(7-11(14)13(16)17)6-9(10)4-5-15-12/h2-6,11H,7,14H2,1H3,(H,16,17). The molecule has 0 saturated carbocycles. The summed E-state index contributed by atoms with van der Waals surface area (Å²) in [5.74, 6) is -0.441. The first-order valence-electron chi connectivity index (χ1n) is 5.52. The number of rotatable bonds is 4. The van der Waals surface area contributed by atoms with Gasteiger partial charge in [0, 0.05) is 11.6 Å². The predicted octanol–water partition coefficient (Wildman–Crippen LogP) is 1.20. The van der Waals surface area contributed by atoms with Gasteiger partial charge in [0.2, 0.25) is 5.88 Å². The second-order valence-corrected chi connectivity index (χ2v) is 4.02. The number of aliphatic carboxylic acids is 1. The Morgan fingerprint density at radius 2 is 2.28 bits per heavy atom. The lowest BCUT2D eigenvalue weighted by atomic mass is 10.0. The second-order valence-electron chi connectivity index (χ2n) is 4.02. The molecule has 0 aliphatic heterocycles. The SMILES string of the molecule is COc1nccc2cc(CC(N)C(=O)O)ccc12. The summed E-state index contributed by atoms with van der Waals surface area (Å²) in [6.45, 7) is 0. The van der Waals surface area contributed by atoms with Crippen LogP contribution in [0.1, 0.15) is 5.56 Å². The summed E-state index contributed by atoms with van der Waals surface area (Å²) in [5.41, 5.74) is 6.39. The number of benzene rings is 1. The normalized spacial score (nSPS) is 12.3. The lowest BCUT2D eigenvalue weighted by Gasteiger charge is -2.08. The van der Waals surface area contributed by atoms with E-state index in [9.17, 15) is 4.79 Å². The van der Waals surface area contributed by atoms with E-state index in [2.05, 4.69) is 4.98 Å². The summed E-state index contributed by atoms with van der Waals surface area (Å²) in [4.78, 5) is 14.8. The highest BCUT2D eigenvalue weighted by atomic mass is 16.5. The summed E-state index contributed by atoms with van der Waals surface area (Å²) in [7, 11) is 1.57. The zero-order chi connectivity index (χ0) is 13.1. The van der Waals surface area contributed by atoms with Crippen molar-refractivity contribution in [1.82, 2.24) is 4.98 Å². The van der Waals surface area contributed by atoms with E-state index < -0.39 is 12.0 Å². The first-order chi connectivity index (χ1) is 8.61. The van der Waals surface area contributed by atoms with Crippen LogP contribution in [0.5, 0.6) is 5.88 Å². The molecule has 0 amide bonds. The van der Waals surface area contributed by atoms with E-state index in [1.54, 1.807) is 13.3 Å². The topological polar surface area (TPSA) is 85.4 Å². The van der Waals surface area contributed by atoms with Gasteiger partial charge in [-0.15, -0.1) is 0 Å². The van der Waals surface area contributed by atoms with Gasteiger partial charge >= 0.3 is 5.97 Å². The van der Waals surface area contributed by atoms with Crippen LogP contribution in [0.15, 0.2) is 30.5 Å². The number of carboxylic acid groups (broad SMARTS) is 1. The summed E-state index contributed by atoms with van der Waals surface area (Å²) < 4.78 is 5.16. The molecule has 1 aromatic heterocycles. The lowest BCUT2D eigenvalue weighted by molar-refractivity contribution is -0.138. The fourth-order valence-electron chi connectivity index (χ4n) is 1.83. The lowest BCUT2D eigenvalue weighted by Crippen LogP contribution is -2.32. The van der Waals surface area contributed by atoms with Crippen molar-refractivity contribution in [3.63, 3.8) is 0 Å². The minimum Gasteiger partial charge on any atom is -0.481 e. The zero-order valence-electron chi connectivity index (χ0n) is 9.96. The highest BCUT2D eigenvalue weighted by molar-refractivity contribution is 5.87. The van der Waals surface area contributed by atoms with Crippen LogP contribution in [0.4, 0.5) is 0 Å². The second kappa shape index (κ2) is 5.01. The van der Waals surface area contributed by atoms with Crippen LogP contribution in [0.3, 0.4) is 0 Å². The number of hydrogen-bond acceptors (Lipinski definition) is 4. The number of ether oxygens (including phenoxy) is 1. The molecule has 0 saturated heterocycles. The first kappa shape index (κ1) is 12.3. The Labute approximate surface area is 104 Å². The Bertz CT molecular complexity index is 583. The molecule has 2 rings (SSSR count). The van der Waals surface area contributed by atoms with E-state index >= 15 is 0 Å². The maximum absolute atomic E-state index is 10.7. The number of carboxylic acids is 1. The van der Waals surface area contributed by atoms with Crippen molar-refractivity contribution in [2.75, 3.05) is 7.11 Å². The maximum Gasteiger partial charge on any atom is 0.320 e. The molecule has 0 aliphatic rings. The van der Waals surface area contributed by atoms with E-state index in [1.807, 2.05) is 24.3 Å². The van der Waals surface area contributed by atoms with Gasteiger partial charge in [-0.1, -0.05) is 12.1 Å². The van der Waals surface area contributed by atoms with Crippen molar-refractivity contribution in [3.05, 3.63) is 36.0 Å². The van der Waals surface area contributed by atoms with Crippen molar-refractivity contribution in [2.24, 2.45) is 5.73 Å². The number of nitrogens with two attached hydrogens (primary N) is 1. The van der Waals surface area contributed by atoms with Crippen LogP contribution in [-0.4, -0.2) is 29.2 Å². The molecule has 0 aliphatic carbocycles. The van der Waals surface area contributed by atoms with Crippen molar-refractivity contribution in [3.8, 4) is 5.88 Å². The molecule has 1 atom stereocenters. The number of carbonyl (C=O) groups is 1. The fraction of sp³-hybridized carbons (Fsp3) is 0.231. The molecule has 0 radical (unpaired) electrons. The Morgan fingerprint density at radius 1 is 1.50 bits per heavy atom. The van der Waals surface area contributed by atoms with E-state index in [-0.39, 0.29) is 0 Å². The zero-order valence-corrected chi connectivity index (χ0v) is 9.96. The summed E-state index contributed by atoms with van der Waals surface area (Å²) >= 11 is 0. The van der Waals surface area contributed by atoms with Crippen molar-refractivity contribution in [1.29, 1.82) is 0 Å². The molecule has 5 heteroatoms. The molecule has 3 N–H and O–H groups in total. The quantitative estimate of drug-likeness (QED) is 0.846.